The molecule has 1 rings (SSSR count). The summed E-state index contributed by atoms with van der Waals surface area (Å²) >= 11 is 0. The van der Waals surface area contributed by atoms with Crippen molar-refractivity contribution in [2.45, 2.75) is 13.0 Å². The fourth-order valence-electron chi connectivity index (χ4n) is 1.29. The van der Waals surface area contributed by atoms with E-state index in [1.807, 2.05) is 0 Å². The third-order valence-electron chi connectivity index (χ3n) is 1.98. The predicted molar refractivity (Wildman–Crippen MR) is 55.0 cm³/mol. The summed E-state index contributed by atoms with van der Waals surface area (Å²) in [6.45, 7) is 1.87. The van der Waals surface area contributed by atoms with Crippen molar-refractivity contribution in [1.82, 2.24) is 4.90 Å². The molecule has 82 valence electrons. The molecule has 1 amide bonds. The summed E-state index contributed by atoms with van der Waals surface area (Å²) in [5.41, 5.74) is 0.416. The van der Waals surface area contributed by atoms with Crippen LogP contribution in [0.15, 0.2) is 24.3 Å². The molecule has 1 aromatic rings. The molecular formula is C11H14FNO2. The number of hydrogen-bond acceptors (Lipinski definition) is 2. The Morgan fingerprint density at radius 2 is 2.00 bits per heavy atom. The summed E-state index contributed by atoms with van der Waals surface area (Å²) < 4.78 is 12.6. The molecule has 3 nitrogen and oxygen atoms in total. The van der Waals surface area contributed by atoms with Crippen molar-refractivity contribution >= 4 is 5.91 Å². The summed E-state index contributed by atoms with van der Waals surface area (Å²) in [6.07, 6.45) is -0.570. The molecule has 1 aromatic carbocycles. The Morgan fingerprint density at radius 3 is 2.47 bits per heavy atom. The van der Waals surface area contributed by atoms with Gasteiger partial charge in [-0.15, -0.1) is 0 Å². The molecule has 0 heterocycles. The van der Waals surface area contributed by atoms with E-state index in [1.54, 1.807) is 14.0 Å². The molecule has 15 heavy (non-hydrogen) atoms. The topological polar surface area (TPSA) is 40.5 Å². The summed E-state index contributed by atoms with van der Waals surface area (Å²) in [6, 6.07) is 5.33. The van der Waals surface area contributed by atoms with Crippen LogP contribution in [0.4, 0.5) is 4.39 Å². The Bertz CT molecular complexity index is 335. The van der Waals surface area contributed by atoms with Gasteiger partial charge < -0.3 is 10.0 Å². The second kappa shape index (κ2) is 4.89. The van der Waals surface area contributed by atoms with Gasteiger partial charge in [0.25, 0.3) is 5.91 Å². The Morgan fingerprint density at radius 1 is 1.47 bits per heavy atom. The molecular weight excluding hydrogens is 197 g/mol. The van der Waals surface area contributed by atoms with Gasteiger partial charge in [0, 0.05) is 19.2 Å². The maximum atomic E-state index is 12.6. The molecule has 0 spiro atoms. The highest BCUT2D eigenvalue weighted by molar-refractivity contribution is 5.94. The van der Waals surface area contributed by atoms with Gasteiger partial charge >= 0.3 is 0 Å². The van der Waals surface area contributed by atoms with E-state index in [0.29, 0.717) is 5.56 Å². The van der Waals surface area contributed by atoms with E-state index in [2.05, 4.69) is 0 Å². The molecule has 0 aliphatic heterocycles. The lowest BCUT2D eigenvalue weighted by Gasteiger charge is -2.18. The molecule has 1 unspecified atom stereocenters. The van der Waals surface area contributed by atoms with Crippen LogP contribution in [-0.2, 0) is 0 Å². The molecule has 0 fully saturated rings. The van der Waals surface area contributed by atoms with Crippen molar-refractivity contribution in [3.05, 3.63) is 35.6 Å². The van der Waals surface area contributed by atoms with E-state index < -0.39 is 6.10 Å². The highest BCUT2D eigenvalue weighted by Gasteiger charge is 2.12. The van der Waals surface area contributed by atoms with Crippen LogP contribution in [0.5, 0.6) is 0 Å². The number of carbonyl (C=O) groups excluding carboxylic acids is 1. The van der Waals surface area contributed by atoms with Crippen molar-refractivity contribution < 1.29 is 14.3 Å². The van der Waals surface area contributed by atoms with Crippen molar-refractivity contribution in [2.75, 3.05) is 13.6 Å². The third-order valence-corrected chi connectivity index (χ3v) is 1.98. The number of benzene rings is 1. The van der Waals surface area contributed by atoms with Gasteiger partial charge in [-0.25, -0.2) is 4.39 Å². The van der Waals surface area contributed by atoms with Crippen molar-refractivity contribution in [2.24, 2.45) is 0 Å². The number of likely N-dealkylation sites (N-methyl/N-ethyl adjacent to an activating group) is 1. The number of nitrogens with zero attached hydrogens (tertiary/aromatic N) is 1. The minimum Gasteiger partial charge on any atom is -0.392 e. The first-order chi connectivity index (χ1) is 7.00. The first kappa shape index (κ1) is 11.7. The zero-order chi connectivity index (χ0) is 11.4. The van der Waals surface area contributed by atoms with Gasteiger partial charge in [0.15, 0.2) is 0 Å². The van der Waals surface area contributed by atoms with Crippen molar-refractivity contribution in [1.29, 1.82) is 0 Å². The lowest BCUT2D eigenvalue weighted by atomic mass is 10.2. The Kier molecular flexibility index (Phi) is 3.80. The summed E-state index contributed by atoms with van der Waals surface area (Å²) in [5, 5.41) is 9.11. The van der Waals surface area contributed by atoms with Gasteiger partial charge in [-0.1, -0.05) is 0 Å². The quantitative estimate of drug-likeness (QED) is 0.818. The fourth-order valence-corrected chi connectivity index (χ4v) is 1.29. The SMILES string of the molecule is CC(O)CN(C)C(=O)c1ccc(F)cc1. The van der Waals surface area contributed by atoms with Crippen LogP contribution in [0.25, 0.3) is 0 Å². The van der Waals surface area contributed by atoms with Crippen molar-refractivity contribution in [3.63, 3.8) is 0 Å². The van der Waals surface area contributed by atoms with E-state index in [0.717, 1.165) is 0 Å². The molecule has 1 atom stereocenters. The van der Waals surface area contributed by atoms with E-state index in [-0.39, 0.29) is 18.3 Å². The molecule has 0 aromatic heterocycles. The standard InChI is InChI=1S/C11H14FNO2/c1-8(14)7-13(2)11(15)9-3-5-10(12)6-4-9/h3-6,8,14H,7H2,1-2H3. The molecule has 0 aliphatic carbocycles. The summed E-state index contributed by atoms with van der Waals surface area (Å²) in [4.78, 5) is 13.1. The highest BCUT2D eigenvalue weighted by atomic mass is 19.1. The molecule has 1 N–H and O–H groups in total. The minimum atomic E-state index is -0.570. The largest absolute Gasteiger partial charge is 0.392 e. The monoisotopic (exact) mass is 211 g/mol. The first-order valence-electron chi connectivity index (χ1n) is 4.70. The normalized spacial score (nSPS) is 12.3. The summed E-state index contributed by atoms with van der Waals surface area (Å²) in [5.74, 6) is -0.597. The number of carbonyl (C=O) groups is 1. The van der Waals surface area contributed by atoms with Crippen LogP contribution < -0.4 is 0 Å². The van der Waals surface area contributed by atoms with Gasteiger partial charge in [-0.05, 0) is 31.2 Å². The second-order valence-corrected chi connectivity index (χ2v) is 3.54. The van der Waals surface area contributed by atoms with Crippen LogP contribution in [0.3, 0.4) is 0 Å². The smallest absolute Gasteiger partial charge is 0.253 e. The number of hydrogen-bond donors (Lipinski definition) is 1. The lowest BCUT2D eigenvalue weighted by Crippen LogP contribution is -2.32. The molecule has 0 aliphatic rings. The number of rotatable bonds is 3. The average molecular weight is 211 g/mol. The number of halogens is 1. The van der Waals surface area contributed by atoms with Crippen LogP contribution in [-0.4, -0.2) is 35.6 Å². The number of aliphatic hydroxyl groups is 1. The predicted octanol–water partition coefficient (Wildman–Crippen LogP) is 1.28. The highest BCUT2D eigenvalue weighted by Crippen LogP contribution is 2.06. The van der Waals surface area contributed by atoms with Crippen LogP contribution in [0.2, 0.25) is 0 Å². The summed E-state index contributed by atoms with van der Waals surface area (Å²) in [7, 11) is 1.60. The van der Waals surface area contributed by atoms with E-state index in [9.17, 15) is 9.18 Å². The Labute approximate surface area is 88.1 Å². The Balaban J connectivity index is 2.72. The van der Waals surface area contributed by atoms with Crippen LogP contribution in [0.1, 0.15) is 17.3 Å². The Hall–Kier alpha value is -1.42. The van der Waals surface area contributed by atoms with Gasteiger partial charge in [-0.2, -0.15) is 0 Å². The molecule has 0 saturated carbocycles. The maximum Gasteiger partial charge on any atom is 0.253 e. The van der Waals surface area contributed by atoms with Gasteiger partial charge in [0.2, 0.25) is 0 Å². The van der Waals surface area contributed by atoms with Crippen molar-refractivity contribution in [3.8, 4) is 0 Å². The zero-order valence-electron chi connectivity index (χ0n) is 8.77. The second-order valence-electron chi connectivity index (χ2n) is 3.54. The minimum absolute atomic E-state index is 0.226. The number of amides is 1. The molecule has 4 heteroatoms. The van der Waals surface area contributed by atoms with E-state index in [4.69, 9.17) is 5.11 Å². The zero-order valence-corrected chi connectivity index (χ0v) is 8.77. The average Bonchev–Trinajstić information content (AvgIpc) is 2.17. The first-order valence-corrected chi connectivity index (χ1v) is 4.70. The molecule has 0 bridgehead atoms. The maximum absolute atomic E-state index is 12.6. The lowest BCUT2D eigenvalue weighted by molar-refractivity contribution is 0.0703. The van der Waals surface area contributed by atoms with E-state index in [1.165, 1.54) is 29.2 Å². The van der Waals surface area contributed by atoms with Gasteiger partial charge in [0.1, 0.15) is 5.82 Å². The molecule has 0 radical (unpaired) electrons. The molecule has 0 saturated heterocycles. The third kappa shape index (κ3) is 3.32. The van der Waals surface area contributed by atoms with Crippen LogP contribution >= 0.6 is 0 Å². The fraction of sp³-hybridized carbons (Fsp3) is 0.364. The van der Waals surface area contributed by atoms with E-state index >= 15 is 0 Å². The van der Waals surface area contributed by atoms with Crippen LogP contribution in [0, 0.1) is 5.82 Å². The number of aliphatic hydroxyl groups excluding tert-OH is 1. The van der Waals surface area contributed by atoms with Gasteiger partial charge in [0.05, 0.1) is 6.10 Å². The van der Waals surface area contributed by atoms with Gasteiger partial charge in [-0.3, -0.25) is 4.79 Å².